The first-order valence-corrected chi connectivity index (χ1v) is 7.29. The third-order valence-electron chi connectivity index (χ3n) is 3.68. The summed E-state index contributed by atoms with van der Waals surface area (Å²) in [6.07, 6.45) is 0. The van der Waals surface area contributed by atoms with Gasteiger partial charge in [0.05, 0.1) is 12.8 Å². The lowest BCUT2D eigenvalue weighted by Gasteiger charge is -2.14. The topological polar surface area (TPSA) is 62.3 Å². The molecule has 0 amide bonds. The molecule has 2 aromatic heterocycles. The summed E-state index contributed by atoms with van der Waals surface area (Å²) in [5.41, 5.74) is 4.03. The number of aromatic nitrogens is 3. The van der Waals surface area contributed by atoms with Gasteiger partial charge in [0.1, 0.15) is 12.4 Å². The van der Waals surface area contributed by atoms with Crippen molar-refractivity contribution in [2.75, 3.05) is 14.2 Å². The smallest absolute Gasteiger partial charge is 0.258 e. The quantitative estimate of drug-likeness (QED) is 0.723. The number of aryl methyl sites for hydroxylation is 2. The molecule has 6 heteroatoms. The lowest BCUT2D eigenvalue weighted by Crippen LogP contribution is -2.02. The largest absolute Gasteiger partial charge is 0.495 e. The SMILES string of the molecule is COCc1noc(-c2ccc(OC)c(-n3c(C)ccc3C)c2)n1. The van der Waals surface area contributed by atoms with Crippen molar-refractivity contribution in [3.05, 3.63) is 47.5 Å². The van der Waals surface area contributed by atoms with Crippen molar-refractivity contribution in [3.63, 3.8) is 0 Å². The van der Waals surface area contributed by atoms with Crippen LogP contribution in [-0.4, -0.2) is 28.9 Å². The van der Waals surface area contributed by atoms with E-state index in [1.165, 1.54) is 0 Å². The molecule has 0 spiro atoms. The van der Waals surface area contributed by atoms with E-state index in [1.54, 1.807) is 14.2 Å². The van der Waals surface area contributed by atoms with Crippen LogP contribution in [0.5, 0.6) is 5.75 Å². The second-order valence-corrected chi connectivity index (χ2v) is 5.29. The van der Waals surface area contributed by atoms with Crippen molar-refractivity contribution >= 4 is 0 Å². The maximum Gasteiger partial charge on any atom is 0.258 e. The highest BCUT2D eigenvalue weighted by atomic mass is 16.5. The second-order valence-electron chi connectivity index (χ2n) is 5.29. The van der Waals surface area contributed by atoms with E-state index in [4.69, 9.17) is 14.0 Å². The van der Waals surface area contributed by atoms with Gasteiger partial charge < -0.3 is 18.6 Å². The van der Waals surface area contributed by atoms with E-state index in [0.29, 0.717) is 18.3 Å². The molecule has 0 fully saturated rings. The Balaban J connectivity index is 2.09. The summed E-state index contributed by atoms with van der Waals surface area (Å²) >= 11 is 0. The minimum Gasteiger partial charge on any atom is -0.495 e. The Morgan fingerprint density at radius 3 is 2.48 bits per heavy atom. The third-order valence-corrected chi connectivity index (χ3v) is 3.68. The summed E-state index contributed by atoms with van der Waals surface area (Å²) < 4.78 is 18.0. The number of hydrogen-bond acceptors (Lipinski definition) is 5. The molecule has 3 aromatic rings. The van der Waals surface area contributed by atoms with E-state index in [9.17, 15) is 0 Å². The van der Waals surface area contributed by atoms with Gasteiger partial charge in [-0.05, 0) is 44.2 Å². The zero-order valence-electron chi connectivity index (χ0n) is 13.7. The first-order chi connectivity index (χ1) is 11.1. The molecule has 0 N–H and O–H groups in total. The van der Waals surface area contributed by atoms with Crippen LogP contribution in [0, 0.1) is 13.8 Å². The van der Waals surface area contributed by atoms with E-state index in [0.717, 1.165) is 28.4 Å². The van der Waals surface area contributed by atoms with Crippen LogP contribution in [0.2, 0.25) is 0 Å². The Morgan fingerprint density at radius 2 is 1.83 bits per heavy atom. The van der Waals surface area contributed by atoms with E-state index >= 15 is 0 Å². The van der Waals surface area contributed by atoms with Gasteiger partial charge in [-0.2, -0.15) is 4.98 Å². The molecular formula is C17H19N3O3. The number of rotatable bonds is 5. The van der Waals surface area contributed by atoms with Gasteiger partial charge in [0.25, 0.3) is 5.89 Å². The molecule has 23 heavy (non-hydrogen) atoms. The minimum atomic E-state index is 0.322. The first-order valence-electron chi connectivity index (χ1n) is 7.29. The molecule has 1 aromatic carbocycles. The average Bonchev–Trinajstić information content (AvgIpc) is 3.14. The molecule has 0 radical (unpaired) electrons. The van der Waals surface area contributed by atoms with Crippen molar-refractivity contribution in [2.45, 2.75) is 20.5 Å². The van der Waals surface area contributed by atoms with E-state index < -0.39 is 0 Å². The van der Waals surface area contributed by atoms with Gasteiger partial charge in [-0.1, -0.05) is 5.16 Å². The highest BCUT2D eigenvalue weighted by Crippen LogP contribution is 2.31. The standard InChI is InChI=1S/C17H19N3O3/c1-11-5-6-12(2)20(11)14-9-13(7-8-15(14)22-4)17-18-16(10-21-3)19-23-17/h5-9H,10H2,1-4H3. The molecule has 0 unspecified atom stereocenters. The number of ether oxygens (including phenoxy) is 2. The molecule has 0 atom stereocenters. The molecule has 0 aliphatic rings. The summed E-state index contributed by atoms with van der Waals surface area (Å²) in [5.74, 6) is 1.77. The Labute approximate surface area is 134 Å². The normalized spacial score (nSPS) is 11.0. The fourth-order valence-electron chi connectivity index (χ4n) is 2.61. The number of benzene rings is 1. The molecule has 0 saturated carbocycles. The average molecular weight is 313 g/mol. The highest BCUT2D eigenvalue weighted by Gasteiger charge is 2.15. The number of nitrogens with zero attached hydrogens (tertiary/aromatic N) is 3. The van der Waals surface area contributed by atoms with E-state index in [2.05, 4.69) is 40.7 Å². The molecule has 0 bridgehead atoms. The van der Waals surface area contributed by atoms with E-state index in [1.807, 2.05) is 18.2 Å². The Kier molecular flexibility index (Phi) is 4.16. The van der Waals surface area contributed by atoms with Crippen molar-refractivity contribution in [2.24, 2.45) is 0 Å². The van der Waals surface area contributed by atoms with Crippen molar-refractivity contribution in [1.29, 1.82) is 0 Å². The van der Waals surface area contributed by atoms with Crippen molar-refractivity contribution in [3.8, 4) is 22.9 Å². The Bertz CT molecular complexity index is 801. The molecule has 6 nitrogen and oxygen atoms in total. The summed E-state index contributed by atoms with van der Waals surface area (Å²) in [5, 5.41) is 3.90. The highest BCUT2D eigenvalue weighted by molar-refractivity contribution is 5.63. The van der Waals surface area contributed by atoms with Gasteiger partial charge in [-0.25, -0.2) is 0 Å². The summed E-state index contributed by atoms with van der Waals surface area (Å²) in [7, 11) is 3.26. The Hall–Kier alpha value is -2.60. The fraction of sp³-hybridized carbons (Fsp3) is 0.294. The van der Waals surface area contributed by atoms with Gasteiger partial charge in [0.15, 0.2) is 5.82 Å². The molecule has 0 aliphatic heterocycles. The first kappa shape index (κ1) is 15.3. The maximum atomic E-state index is 5.51. The zero-order chi connectivity index (χ0) is 16.4. The molecule has 120 valence electrons. The second kappa shape index (κ2) is 6.26. The molecular weight excluding hydrogens is 294 g/mol. The molecule has 0 saturated heterocycles. The van der Waals surface area contributed by atoms with Crippen LogP contribution in [0.25, 0.3) is 17.1 Å². The molecule has 0 aliphatic carbocycles. The van der Waals surface area contributed by atoms with Crippen LogP contribution in [0.3, 0.4) is 0 Å². The van der Waals surface area contributed by atoms with Crippen LogP contribution in [-0.2, 0) is 11.3 Å². The molecule has 2 heterocycles. The van der Waals surface area contributed by atoms with Gasteiger partial charge in [-0.3, -0.25) is 0 Å². The lowest BCUT2D eigenvalue weighted by molar-refractivity contribution is 0.174. The van der Waals surface area contributed by atoms with Crippen LogP contribution in [0.15, 0.2) is 34.9 Å². The number of hydrogen-bond donors (Lipinski definition) is 0. The van der Waals surface area contributed by atoms with Crippen molar-refractivity contribution in [1.82, 2.24) is 14.7 Å². The lowest BCUT2D eigenvalue weighted by atomic mass is 10.1. The summed E-state index contributed by atoms with van der Waals surface area (Å²) in [6.45, 7) is 4.44. The maximum absolute atomic E-state index is 5.51. The third kappa shape index (κ3) is 2.85. The van der Waals surface area contributed by atoms with Crippen LogP contribution in [0.1, 0.15) is 17.2 Å². The molecule has 3 rings (SSSR count). The number of methoxy groups -OCH3 is 2. The van der Waals surface area contributed by atoms with Gasteiger partial charge in [0.2, 0.25) is 0 Å². The van der Waals surface area contributed by atoms with Gasteiger partial charge >= 0.3 is 0 Å². The fourth-order valence-corrected chi connectivity index (χ4v) is 2.61. The van der Waals surface area contributed by atoms with Crippen LogP contribution >= 0.6 is 0 Å². The monoisotopic (exact) mass is 313 g/mol. The van der Waals surface area contributed by atoms with Gasteiger partial charge in [0, 0.05) is 24.1 Å². The summed E-state index contributed by atoms with van der Waals surface area (Å²) in [4.78, 5) is 4.34. The van der Waals surface area contributed by atoms with Crippen molar-refractivity contribution < 1.29 is 14.0 Å². The minimum absolute atomic E-state index is 0.322. The summed E-state index contributed by atoms with van der Waals surface area (Å²) in [6, 6.07) is 9.95. The predicted octanol–water partition coefficient (Wildman–Crippen LogP) is 3.30. The van der Waals surface area contributed by atoms with Crippen LogP contribution in [0.4, 0.5) is 0 Å². The predicted molar refractivity (Wildman–Crippen MR) is 85.8 cm³/mol. The Morgan fingerprint density at radius 1 is 1.09 bits per heavy atom. The van der Waals surface area contributed by atoms with Crippen LogP contribution < -0.4 is 4.74 Å². The zero-order valence-corrected chi connectivity index (χ0v) is 13.7. The van der Waals surface area contributed by atoms with Gasteiger partial charge in [-0.15, -0.1) is 0 Å². The van der Waals surface area contributed by atoms with E-state index in [-0.39, 0.29) is 0 Å².